The van der Waals surface area contributed by atoms with Gasteiger partial charge in [0.1, 0.15) is 0 Å². The van der Waals surface area contributed by atoms with Crippen molar-refractivity contribution < 1.29 is 4.79 Å². The minimum Gasteiger partial charge on any atom is -0.344 e. The number of aromatic nitrogens is 2. The predicted molar refractivity (Wildman–Crippen MR) is 139 cm³/mol. The van der Waals surface area contributed by atoms with E-state index in [1.54, 1.807) is 11.8 Å². The lowest BCUT2D eigenvalue weighted by Crippen LogP contribution is -2.37. The van der Waals surface area contributed by atoms with Gasteiger partial charge in [0, 0.05) is 20.5 Å². The van der Waals surface area contributed by atoms with Crippen LogP contribution in [0.25, 0.3) is 11.0 Å². The van der Waals surface area contributed by atoms with Gasteiger partial charge in [-0.25, -0.2) is 0 Å². The van der Waals surface area contributed by atoms with E-state index in [-0.39, 0.29) is 28.9 Å². The van der Waals surface area contributed by atoms with E-state index < -0.39 is 0 Å². The van der Waals surface area contributed by atoms with E-state index in [4.69, 9.17) is 5.41 Å². The van der Waals surface area contributed by atoms with Gasteiger partial charge in [-0.3, -0.25) is 10.2 Å². The van der Waals surface area contributed by atoms with Gasteiger partial charge in [0.2, 0.25) is 11.5 Å². The van der Waals surface area contributed by atoms with Gasteiger partial charge in [-0.1, -0.05) is 72.3 Å². The molecule has 1 unspecified atom stereocenters. The van der Waals surface area contributed by atoms with Gasteiger partial charge in [-0.05, 0) is 36.6 Å². The normalized spacial score (nSPS) is 11.7. The molecule has 1 amide bonds. The van der Waals surface area contributed by atoms with Crippen molar-refractivity contribution in [2.45, 2.75) is 32.9 Å². The number of likely N-dealkylation sites (N-methyl/N-ethyl adjacent to an activating group) is 1. The lowest BCUT2D eigenvalue weighted by Gasteiger charge is -2.25. The summed E-state index contributed by atoms with van der Waals surface area (Å²) in [6, 6.07) is 26.9. The third kappa shape index (κ3) is 5.45. The standard InChI is InChI=1S/C27H30N4O.BrH/c1-20-13-15-23(16-14-20)18-30-25-11-7-8-12-26(25)31(27(30)28)24(19-29(3)21(2)32)17-22-9-5-4-6-10-22;/h4-16,24,28H,17-19H2,1-3H3;1H. The number of amides is 1. The maximum absolute atomic E-state index is 12.0. The summed E-state index contributed by atoms with van der Waals surface area (Å²) in [5.74, 6) is 0.0265. The number of carbonyl (C=O) groups excluding carboxylic acids is 1. The Morgan fingerprint density at radius 1 is 0.909 bits per heavy atom. The second kappa shape index (κ2) is 10.7. The molecule has 0 radical (unpaired) electrons. The molecule has 3 aromatic carbocycles. The number of para-hydroxylation sites is 2. The number of hydrogen-bond donors (Lipinski definition) is 1. The molecule has 4 aromatic rings. The molecule has 1 atom stereocenters. The van der Waals surface area contributed by atoms with Crippen molar-refractivity contribution in [2.24, 2.45) is 0 Å². The third-order valence-corrected chi connectivity index (χ3v) is 6.08. The van der Waals surface area contributed by atoms with Crippen LogP contribution in [0.15, 0.2) is 78.9 Å². The van der Waals surface area contributed by atoms with E-state index >= 15 is 0 Å². The van der Waals surface area contributed by atoms with E-state index in [2.05, 4.69) is 64.6 Å². The van der Waals surface area contributed by atoms with Crippen LogP contribution in [-0.2, 0) is 17.8 Å². The minimum atomic E-state index is -0.0528. The second-order valence-corrected chi connectivity index (χ2v) is 8.50. The highest BCUT2D eigenvalue weighted by Gasteiger charge is 2.21. The van der Waals surface area contributed by atoms with Crippen LogP contribution in [0.2, 0.25) is 0 Å². The number of imidazole rings is 1. The Kier molecular flexibility index (Phi) is 7.92. The first-order valence-electron chi connectivity index (χ1n) is 11.0. The highest BCUT2D eigenvalue weighted by Crippen LogP contribution is 2.22. The summed E-state index contributed by atoms with van der Waals surface area (Å²) < 4.78 is 4.15. The number of aryl methyl sites for hydroxylation is 1. The Morgan fingerprint density at radius 2 is 1.52 bits per heavy atom. The van der Waals surface area contributed by atoms with E-state index in [1.807, 2.05) is 37.4 Å². The summed E-state index contributed by atoms with van der Waals surface area (Å²) in [7, 11) is 1.83. The summed E-state index contributed by atoms with van der Waals surface area (Å²) in [5.41, 5.74) is 6.07. The first-order chi connectivity index (χ1) is 15.4. The van der Waals surface area contributed by atoms with Crippen molar-refractivity contribution >= 4 is 33.9 Å². The zero-order valence-electron chi connectivity index (χ0n) is 19.4. The number of carbonyl (C=O) groups is 1. The van der Waals surface area contributed by atoms with Crippen LogP contribution >= 0.6 is 17.0 Å². The van der Waals surface area contributed by atoms with Crippen LogP contribution in [0.5, 0.6) is 0 Å². The number of fused-ring (bicyclic) bond motifs is 1. The maximum atomic E-state index is 12.0. The van der Waals surface area contributed by atoms with Crippen molar-refractivity contribution in [3.05, 3.63) is 101 Å². The molecule has 0 spiro atoms. The molecule has 0 fully saturated rings. The molecule has 0 aliphatic carbocycles. The quantitative estimate of drug-likeness (QED) is 0.371. The molecule has 0 aliphatic heterocycles. The van der Waals surface area contributed by atoms with Crippen LogP contribution in [0, 0.1) is 12.3 Å². The van der Waals surface area contributed by atoms with Crippen LogP contribution in [0.3, 0.4) is 0 Å². The molecule has 172 valence electrons. The van der Waals surface area contributed by atoms with E-state index in [1.165, 1.54) is 11.1 Å². The Labute approximate surface area is 205 Å². The average molecular weight is 507 g/mol. The molecule has 1 aromatic heterocycles. The van der Waals surface area contributed by atoms with E-state index in [0.29, 0.717) is 18.7 Å². The van der Waals surface area contributed by atoms with Crippen molar-refractivity contribution in [1.29, 1.82) is 5.41 Å². The molecule has 1 heterocycles. The predicted octanol–water partition coefficient (Wildman–Crippen LogP) is 5.12. The summed E-state index contributed by atoms with van der Waals surface area (Å²) in [6.45, 7) is 4.84. The molecule has 4 rings (SSSR count). The SMILES string of the molecule is Br.CC(=O)N(C)CC(Cc1ccccc1)n1c(=N)n(Cc2ccc(C)cc2)c2ccccc21. The van der Waals surface area contributed by atoms with Crippen LogP contribution in [-0.4, -0.2) is 33.5 Å². The minimum absolute atomic E-state index is 0. The van der Waals surface area contributed by atoms with E-state index in [0.717, 1.165) is 23.0 Å². The molecular formula is C27H31BrN4O. The van der Waals surface area contributed by atoms with E-state index in [9.17, 15) is 4.79 Å². The van der Waals surface area contributed by atoms with Crippen molar-refractivity contribution in [3.63, 3.8) is 0 Å². The third-order valence-electron chi connectivity index (χ3n) is 6.08. The average Bonchev–Trinajstić information content (AvgIpc) is 3.06. The molecule has 0 aliphatic rings. The molecule has 0 saturated heterocycles. The van der Waals surface area contributed by atoms with Gasteiger partial charge in [0.25, 0.3) is 0 Å². The zero-order chi connectivity index (χ0) is 22.7. The van der Waals surface area contributed by atoms with Crippen LogP contribution < -0.4 is 5.62 Å². The highest BCUT2D eigenvalue weighted by molar-refractivity contribution is 8.93. The maximum Gasteiger partial charge on any atom is 0.219 e. The molecule has 33 heavy (non-hydrogen) atoms. The Bertz CT molecular complexity index is 1280. The molecule has 0 bridgehead atoms. The summed E-state index contributed by atoms with van der Waals surface area (Å²) in [6.07, 6.45) is 0.744. The number of rotatable bonds is 7. The number of hydrogen-bond acceptors (Lipinski definition) is 2. The first-order valence-corrected chi connectivity index (χ1v) is 11.0. The number of nitrogens with one attached hydrogen (secondary N) is 1. The molecule has 0 saturated carbocycles. The van der Waals surface area contributed by atoms with Crippen LogP contribution in [0.4, 0.5) is 0 Å². The Hall–Kier alpha value is -3.12. The zero-order valence-corrected chi connectivity index (χ0v) is 21.1. The fourth-order valence-electron chi connectivity index (χ4n) is 4.23. The number of benzene rings is 3. The summed E-state index contributed by atoms with van der Waals surface area (Å²) in [5, 5.41) is 9.14. The fourth-order valence-corrected chi connectivity index (χ4v) is 4.23. The van der Waals surface area contributed by atoms with Crippen molar-refractivity contribution in [3.8, 4) is 0 Å². The van der Waals surface area contributed by atoms with Gasteiger partial charge in [0.05, 0.1) is 23.6 Å². The Morgan fingerprint density at radius 3 is 2.15 bits per heavy atom. The van der Waals surface area contributed by atoms with Crippen molar-refractivity contribution in [1.82, 2.24) is 14.0 Å². The molecule has 1 N–H and O–H groups in total. The number of nitrogens with zero attached hydrogens (tertiary/aromatic N) is 3. The fraction of sp³-hybridized carbons (Fsp3) is 0.259. The smallest absolute Gasteiger partial charge is 0.219 e. The second-order valence-electron chi connectivity index (χ2n) is 8.50. The molecule has 6 heteroatoms. The topological polar surface area (TPSA) is 54.0 Å². The Balaban J connectivity index is 0.00000306. The van der Waals surface area contributed by atoms with Crippen molar-refractivity contribution in [2.75, 3.05) is 13.6 Å². The van der Waals surface area contributed by atoms with Gasteiger partial charge in [-0.2, -0.15) is 0 Å². The lowest BCUT2D eigenvalue weighted by atomic mass is 10.0. The molecule has 5 nitrogen and oxygen atoms in total. The van der Waals surface area contributed by atoms with Gasteiger partial charge < -0.3 is 14.0 Å². The van der Waals surface area contributed by atoms with Gasteiger partial charge in [-0.15, -0.1) is 17.0 Å². The van der Waals surface area contributed by atoms with Gasteiger partial charge in [0.15, 0.2) is 0 Å². The first kappa shape index (κ1) is 24.5. The summed E-state index contributed by atoms with van der Waals surface area (Å²) >= 11 is 0. The largest absolute Gasteiger partial charge is 0.344 e. The van der Waals surface area contributed by atoms with Crippen LogP contribution in [0.1, 0.15) is 29.7 Å². The summed E-state index contributed by atoms with van der Waals surface area (Å²) in [4.78, 5) is 13.8. The monoisotopic (exact) mass is 506 g/mol. The number of halogens is 1. The van der Waals surface area contributed by atoms with Gasteiger partial charge >= 0.3 is 0 Å². The molecular weight excluding hydrogens is 476 g/mol. The lowest BCUT2D eigenvalue weighted by molar-refractivity contribution is -0.128. The highest BCUT2D eigenvalue weighted by atomic mass is 79.9.